The summed E-state index contributed by atoms with van der Waals surface area (Å²) in [6, 6.07) is 11.3. The summed E-state index contributed by atoms with van der Waals surface area (Å²) < 4.78 is 5.63. The molecular formula is C28H46BrN6O2P. The van der Waals surface area contributed by atoms with Crippen molar-refractivity contribution < 1.29 is 9.59 Å². The minimum Gasteiger partial charge on any atom is -0.310 e. The van der Waals surface area contributed by atoms with E-state index in [1.165, 1.54) is 0 Å². The number of aromatic nitrogens is 2. The number of amides is 2. The van der Waals surface area contributed by atoms with Gasteiger partial charge in [0.25, 0.3) is 0 Å². The molecule has 10 heteroatoms. The van der Waals surface area contributed by atoms with Crippen LogP contribution in [0.4, 0.5) is 11.6 Å². The first-order valence-electron chi connectivity index (χ1n) is 13.2. The summed E-state index contributed by atoms with van der Waals surface area (Å²) >= 11 is 3.24. The summed E-state index contributed by atoms with van der Waals surface area (Å²) in [7, 11) is -0.648. The van der Waals surface area contributed by atoms with Crippen molar-refractivity contribution in [2.24, 2.45) is 10.8 Å². The molecule has 0 unspecified atom stereocenters. The predicted octanol–water partition coefficient (Wildman–Crippen LogP) is 6.52. The third-order valence-corrected chi connectivity index (χ3v) is 8.80. The largest absolute Gasteiger partial charge is 0.310 e. The molecule has 0 saturated heterocycles. The number of halogens is 1. The van der Waals surface area contributed by atoms with Crippen molar-refractivity contribution >= 4 is 53.0 Å². The fraction of sp³-hybridized carbons (Fsp3) is 0.571. The Bertz CT molecular complexity index is 1020. The third-order valence-electron chi connectivity index (χ3n) is 5.50. The third kappa shape index (κ3) is 11.0. The second kappa shape index (κ2) is 15.6. The maximum Gasteiger partial charge on any atom is 0.230 e. The van der Waals surface area contributed by atoms with Crippen LogP contribution >= 0.6 is 24.2 Å². The van der Waals surface area contributed by atoms with Crippen LogP contribution in [0.5, 0.6) is 0 Å². The Morgan fingerprint density at radius 2 is 1.13 bits per heavy atom. The second-order valence-corrected chi connectivity index (χ2v) is 13.7. The number of rotatable bonds is 9. The lowest BCUT2D eigenvalue weighted by Crippen LogP contribution is -2.35. The van der Waals surface area contributed by atoms with Gasteiger partial charge in [0.2, 0.25) is 11.8 Å². The lowest BCUT2D eigenvalue weighted by atomic mass is 9.96. The van der Waals surface area contributed by atoms with Crippen LogP contribution in [0.2, 0.25) is 0 Å². The van der Waals surface area contributed by atoms with E-state index >= 15 is 0 Å². The van der Waals surface area contributed by atoms with Gasteiger partial charge in [0.1, 0.15) is 16.2 Å². The van der Waals surface area contributed by atoms with Crippen molar-refractivity contribution in [3.63, 3.8) is 0 Å². The van der Waals surface area contributed by atoms with Gasteiger partial charge in [-0.1, -0.05) is 81.4 Å². The van der Waals surface area contributed by atoms with Crippen molar-refractivity contribution in [3.8, 4) is 0 Å². The summed E-state index contributed by atoms with van der Waals surface area (Å²) in [6.07, 6.45) is 0. The van der Waals surface area contributed by atoms with Crippen LogP contribution in [0.1, 0.15) is 69.2 Å². The smallest absolute Gasteiger partial charge is 0.230 e. The number of hydrogen-bond acceptors (Lipinski definition) is 6. The molecule has 0 fully saturated rings. The van der Waals surface area contributed by atoms with Crippen molar-refractivity contribution in [2.75, 3.05) is 36.8 Å². The summed E-state index contributed by atoms with van der Waals surface area (Å²) in [4.78, 5) is 32.7. The monoisotopic (exact) mass is 608 g/mol. The molecule has 0 radical (unpaired) electrons. The molecule has 2 rings (SSSR count). The minimum atomic E-state index is -0.648. The molecule has 2 N–H and O–H groups in total. The van der Waals surface area contributed by atoms with Crippen LogP contribution in [0.25, 0.3) is 0 Å². The molecule has 0 aliphatic rings. The first-order valence-corrected chi connectivity index (χ1v) is 15.2. The molecule has 2 aromatic rings. The average molecular weight is 610 g/mol. The molecule has 0 spiro atoms. The normalized spacial score (nSPS) is 11.8. The Kier molecular flexibility index (Phi) is 14.0. The number of anilines is 2. The van der Waals surface area contributed by atoms with E-state index < -0.39 is 19.1 Å². The molecule has 2 heterocycles. The van der Waals surface area contributed by atoms with Gasteiger partial charge in [0.05, 0.1) is 13.7 Å². The lowest BCUT2D eigenvalue weighted by Gasteiger charge is -2.37. The molecule has 2 aromatic heterocycles. The van der Waals surface area contributed by atoms with Crippen LogP contribution in [-0.2, 0) is 9.59 Å². The van der Waals surface area contributed by atoms with Crippen LogP contribution in [0, 0.1) is 10.8 Å². The highest BCUT2D eigenvalue weighted by Crippen LogP contribution is 2.42. The van der Waals surface area contributed by atoms with Gasteiger partial charge in [-0.25, -0.2) is 9.97 Å². The van der Waals surface area contributed by atoms with Crippen LogP contribution in [0.3, 0.4) is 0 Å². The maximum atomic E-state index is 12.2. The fourth-order valence-electron chi connectivity index (χ4n) is 3.14. The number of hydrogen-bond donors (Lipinski definition) is 2. The quantitative estimate of drug-likeness (QED) is 0.249. The lowest BCUT2D eigenvalue weighted by molar-refractivity contribution is -0.123. The summed E-state index contributed by atoms with van der Waals surface area (Å²) in [5, 5.41) is 5.69. The van der Waals surface area contributed by atoms with E-state index in [2.05, 4.69) is 74.6 Å². The summed E-state index contributed by atoms with van der Waals surface area (Å²) in [6.45, 7) is 24.0. The van der Waals surface area contributed by atoms with E-state index in [1.807, 2.05) is 65.8 Å². The number of nitrogens with one attached hydrogen (secondary N) is 2. The van der Waals surface area contributed by atoms with Crippen molar-refractivity contribution in [3.05, 3.63) is 41.0 Å². The highest BCUT2D eigenvalue weighted by atomic mass is 79.9. The van der Waals surface area contributed by atoms with Gasteiger partial charge >= 0.3 is 0 Å². The highest BCUT2D eigenvalue weighted by Gasteiger charge is 2.26. The molecule has 2 amide bonds. The molecule has 0 aliphatic heterocycles. The second-order valence-electron chi connectivity index (χ2n) is 10.7. The molecule has 0 bridgehead atoms. The molecular weight excluding hydrogens is 563 g/mol. The molecule has 0 saturated carbocycles. The van der Waals surface area contributed by atoms with E-state index in [0.717, 1.165) is 31.6 Å². The maximum absolute atomic E-state index is 12.2. The summed E-state index contributed by atoms with van der Waals surface area (Å²) in [5.41, 5.74) is 0.216. The van der Waals surface area contributed by atoms with E-state index in [-0.39, 0.29) is 11.8 Å². The molecule has 0 aromatic carbocycles. The van der Waals surface area contributed by atoms with Crippen LogP contribution in [0.15, 0.2) is 41.0 Å². The van der Waals surface area contributed by atoms with Gasteiger partial charge in [-0.15, -0.1) is 0 Å². The molecule has 212 valence electrons. The summed E-state index contributed by atoms with van der Waals surface area (Å²) in [5.74, 6) is 1.16. The first kappa shape index (κ1) is 34.1. The Balaban J connectivity index is 0.000000437. The average Bonchev–Trinajstić information content (AvgIpc) is 2.84. The Morgan fingerprint density at radius 1 is 0.737 bits per heavy atom. The molecule has 0 atom stereocenters. The predicted molar refractivity (Wildman–Crippen MR) is 165 cm³/mol. The van der Waals surface area contributed by atoms with Crippen LogP contribution < -0.4 is 16.1 Å². The topological polar surface area (TPSA) is 90.5 Å². The van der Waals surface area contributed by atoms with Gasteiger partial charge in [0, 0.05) is 37.0 Å². The number of carbonyl (C=O) groups excluding carboxylic acids is 2. The number of carbonyl (C=O) groups is 2. The number of pyridine rings is 2. The Morgan fingerprint density at radius 3 is 1.50 bits per heavy atom. The molecule has 38 heavy (non-hydrogen) atoms. The van der Waals surface area contributed by atoms with Gasteiger partial charge < -0.3 is 10.6 Å². The van der Waals surface area contributed by atoms with E-state index in [1.54, 1.807) is 6.07 Å². The Labute approximate surface area is 239 Å². The van der Waals surface area contributed by atoms with Gasteiger partial charge in [0.15, 0.2) is 0 Å². The van der Waals surface area contributed by atoms with Gasteiger partial charge in [-0.05, 0) is 40.2 Å². The van der Waals surface area contributed by atoms with E-state index in [9.17, 15) is 9.59 Å². The fourth-order valence-corrected chi connectivity index (χ4v) is 5.91. The van der Waals surface area contributed by atoms with E-state index in [0.29, 0.717) is 16.2 Å². The minimum absolute atomic E-state index is 0.0119. The van der Waals surface area contributed by atoms with Crippen molar-refractivity contribution in [2.45, 2.75) is 69.2 Å². The van der Waals surface area contributed by atoms with E-state index in [4.69, 9.17) is 4.98 Å². The van der Waals surface area contributed by atoms with Crippen LogP contribution in [-0.4, -0.2) is 57.3 Å². The highest BCUT2D eigenvalue weighted by molar-refractivity contribution is 9.10. The van der Waals surface area contributed by atoms with Crippen molar-refractivity contribution in [1.29, 1.82) is 0 Å². The number of nitrogens with zero attached hydrogens (tertiary/aromatic N) is 4. The molecule has 0 aliphatic carbocycles. The Hall–Kier alpha value is -1.93. The first-order chi connectivity index (χ1) is 17.7. The molecule has 8 nitrogen and oxygen atoms in total. The van der Waals surface area contributed by atoms with Crippen molar-refractivity contribution in [1.82, 2.24) is 19.3 Å². The van der Waals surface area contributed by atoms with Gasteiger partial charge in [-0.3, -0.25) is 18.9 Å². The standard InChI is InChI=1S/C18H33N4OP.C10H13BrN2O/c1-8-21(9-2)24(22(10-3)11-4)16-14-12-13-15(19-16)20-17(23)18(5,6)7;1-10(2,3)9(14)13-8-6-4-5-7(11)12-8/h12-14H,8-11H2,1-7H3,(H,19,20,23);4-6H,1-3H3,(H,12,13,14). The zero-order valence-electron chi connectivity index (χ0n) is 24.7. The zero-order valence-corrected chi connectivity index (χ0v) is 27.2. The SMILES string of the molecule is CC(C)(C)C(=O)Nc1cccc(Br)n1.CCN(CC)P(c1cccc(NC(=O)C(C)(C)C)n1)N(CC)CC. The zero-order chi connectivity index (χ0) is 29.1. The van der Waals surface area contributed by atoms with Gasteiger partial charge in [-0.2, -0.15) is 0 Å².